The van der Waals surface area contributed by atoms with E-state index in [0.717, 1.165) is 0 Å². The maximum absolute atomic E-state index is 10.4. The molecule has 0 saturated heterocycles. The largest absolute Gasteiger partial charge is 0.347 e. The summed E-state index contributed by atoms with van der Waals surface area (Å²) < 4.78 is 0. The number of hydrogen-bond acceptors (Lipinski definition) is 3. The van der Waals surface area contributed by atoms with Gasteiger partial charge in [-0.25, -0.2) is 0 Å². The van der Waals surface area contributed by atoms with Crippen molar-refractivity contribution in [2.45, 2.75) is 13.0 Å². The van der Waals surface area contributed by atoms with E-state index < -0.39 is 6.04 Å². The lowest BCUT2D eigenvalue weighted by atomic mass is 10.3. The molecule has 0 aromatic rings. The van der Waals surface area contributed by atoms with E-state index >= 15 is 0 Å². The van der Waals surface area contributed by atoms with Crippen molar-refractivity contribution in [2.75, 3.05) is 6.54 Å². The zero-order chi connectivity index (χ0) is 8.69. The number of aldehydes is 1. The van der Waals surface area contributed by atoms with Crippen LogP contribution in [0.1, 0.15) is 6.92 Å². The van der Waals surface area contributed by atoms with Crippen molar-refractivity contribution in [3.05, 3.63) is 10.4 Å². The molecule has 1 atom stereocenters. The SMILES string of the molecule is CC(=O)N[C@@H](C=O)CN=[N+]=[N-]. The van der Waals surface area contributed by atoms with E-state index in [1.165, 1.54) is 6.92 Å². The van der Waals surface area contributed by atoms with Gasteiger partial charge in [0.1, 0.15) is 6.29 Å². The van der Waals surface area contributed by atoms with E-state index in [1.54, 1.807) is 0 Å². The number of amides is 1. The molecule has 6 heteroatoms. The van der Waals surface area contributed by atoms with Crippen LogP contribution in [0.25, 0.3) is 10.4 Å². The summed E-state index contributed by atoms with van der Waals surface area (Å²) in [6, 6.07) is -0.705. The summed E-state index contributed by atoms with van der Waals surface area (Å²) in [6.07, 6.45) is 0.524. The second-order valence-corrected chi connectivity index (χ2v) is 1.86. The third-order valence-electron chi connectivity index (χ3n) is 0.895. The van der Waals surface area contributed by atoms with Crippen molar-refractivity contribution in [3.8, 4) is 0 Å². The number of nitrogens with one attached hydrogen (secondary N) is 1. The number of carbonyl (C=O) groups excluding carboxylic acids is 2. The topological polar surface area (TPSA) is 94.9 Å². The van der Waals surface area contributed by atoms with Crippen LogP contribution in [0.5, 0.6) is 0 Å². The van der Waals surface area contributed by atoms with E-state index in [4.69, 9.17) is 5.53 Å². The highest BCUT2D eigenvalue weighted by molar-refractivity contribution is 5.77. The van der Waals surface area contributed by atoms with Crippen LogP contribution >= 0.6 is 0 Å². The summed E-state index contributed by atoms with van der Waals surface area (Å²) in [6.45, 7) is 1.24. The van der Waals surface area contributed by atoms with Crippen molar-refractivity contribution < 1.29 is 9.59 Å². The smallest absolute Gasteiger partial charge is 0.217 e. The van der Waals surface area contributed by atoms with Crippen molar-refractivity contribution in [1.29, 1.82) is 0 Å². The van der Waals surface area contributed by atoms with Gasteiger partial charge in [-0.05, 0) is 5.53 Å². The Morgan fingerprint density at radius 3 is 2.91 bits per heavy atom. The van der Waals surface area contributed by atoms with Gasteiger partial charge in [-0.15, -0.1) is 0 Å². The Hall–Kier alpha value is -1.55. The molecule has 0 heterocycles. The molecule has 0 aromatic heterocycles. The minimum absolute atomic E-state index is 0.0421. The maximum atomic E-state index is 10.4. The van der Waals surface area contributed by atoms with Crippen molar-refractivity contribution in [2.24, 2.45) is 5.11 Å². The van der Waals surface area contributed by atoms with E-state index in [0.29, 0.717) is 6.29 Å². The molecule has 0 aliphatic rings. The van der Waals surface area contributed by atoms with Crippen LogP contribution in [0.3, 0.4) is 0 Å². The van der Waals surface area contributed by atoms with Gasteiger partial charge in [0.05, 0.1) is 12.6 Å². The monoisotopic (exact) mass is 156 g/mol. The standard InChI is InChI=1S/C5H8N4O2/c1-4(11)8-5(3-10)2-7-9-6/h3,5H,2H2,1H3,(H,8,11)/t5-/m1/s1. The fourth-order valence-corrected chi connectivity index (χ4v) is 0.508. The van der Waals surface area contributed by atoms with Crippen LogP contribution in [0.2, 0.25) is 0 Å². The Morgan fingerprint density at radius 1 is 1.91 bits per heavy atom. The molecule has 0 unspecified atom stereocenters. The van der Waals surface area contributed by atoms with Gasteiger partial charge in [0.15, 0.2) is 0 Å². The van der Waals surface area contributed by atoms with E-state index in [2.05, 4.69) is 15.3 Å². The highest BCUT2D eigenvalue weighted by Gasteiger charge is 2.05. The summed E-state index contributed by atoms with van der Waals surface area (Å²) >= 11 is 0. The summed E-state index contributed by atoms with van der Waals surface area (Å²) in [5, 5.41) is 5.42. The summed E-state index contributed by atoms with van der Waals surface area (Å²) in [4.78, 5) is 23.0. The first-order chi connectivity index (χ1) is 5.20. The lowest BCUT2D eigenvalue weighted by molar-refractivity contribution is -0.122. The normalized spacial score (nSPS) is 11.0. The van der Waals surface area contributed by atoms with Gasteiger partial charge < -0.3 is 10.1 Å². The zero-order valence-corrected chi connectivity index (χ0v) is 6.02. The Bertz CT molecular complexity index is 193. The molecule has 6 nitrogen and oxygen atoms in total. The van der Waals surface area contributed by atoms with Gasteiger partial charge >= 0.3 is 0 Å². The lowest BCUT2D eigenvalue weighted by Gasteiger charge is -2.05. The molecular weight excluding hydrogens is 148 g/mol. The fraction of sp³-hybridized carbons (Fsp3) is 0.600. The van der Waals surface area contributed by atoms with Gasteiger partial charge in [0.2, 0.25) is 5.91 Å². The zero-order valence-electron chi connectivity index (χ0n) is 6.02. The number of rotatable bonds is 4. The number of azide groups is 1. The molecule has 1 N–H and O–H groups in total. The van der Waals surface area contributed by atoms with Crippen LogP contribution < -0.4 is 5.32 Å². The predicted molar refractivity (Wildman–Crippen MR) is 37.7 cm³/mol. The van der Waals surface area contributed by atoms with E-state index in [9.17, 15) is 9.59 Å². The molecule has 0 aromatic carbocycles. The molecule has 0 spiro atoms. The predicted octanol–water partition coefficient (Wildman–Crippen LogP) is 0.000300. The van der Waals surface area contributed by atoms with E-state index in [1.807, 2.05) is 0 Å². The molecule has 1 amide bonds. The average Bonchev–Trinajstić information content (AvgIpc) is 1.97. The van der Waals surface area contributed by atoms with Crippen molar-refractivity contribution in [3.63, 3.8) is 0 Å². The molecule has 11 heavy (non-hydrogen) atoms. The van der Waals surface area contributed by atoms with Gasteiger partial charge in [0, 0.05) is 11.8 Å². The number of carbonyl (C=O) groups is 2. The first kappa shape index (κ1) is 9.45. The quantitative estimate of drug-likeness (QED) is 0.268. The number of nitrogens with zero attached hydrogens (tertiary/aromatic N) is 3. The van der Waals surface area contributed by atoms with E-state index in [-0.39, 0.29) is 12.5 Å². The molecule has 0 aliphatic heterocycles. The Labute approximate surface area is 63.2 Å². The van der Waals surface area contributed by atoms with Gasteiger partial charge in [-0.3, -0.25) is 4.79 Å². The fourth-order valence-electron chi connectivity index (χ4n) is 0.508. The molecule has 0 radical (unpaired) electrons. The minimum atomic E-state index is -0.705. The first-order valence-corrected chi connectivity index (χ1v) is 2.94. The second kappa shape index (κ2) is 5.25. The number of hydrogen-bond donors (Lipinski definition) is 1. The first-order valence-electron chi connectivity index (χ1n) is 2.94. The minimum Gasteiger partial charge on any atom is -0.347 e. The van der Waals surface area contributed by atoms with Crippen LogP contribution in [0, 0.1) is 0 Å². The summed E-state index contributed by atoms with van der Waals surface area (Å²) in [5.74, 6) is -0.324. The average molecular weight is 156 g/mol. The lowest BCUT2D eigenvalue weighted by Crippen LogP contribution is -2.36. The molecule has 60 valence electrons. The second-order valence-electron chi connectivity index (χ2n) is 1.86. The Kier molecular flexibility index (Phi) is 4.51. The van der Waals surface area contributed by atoms with Gasteiger partial charge in [-0.1, -0.05) is 5.11 Å². The highest BCUT2D eigenvalue weighted by Crippen LogP contribution is 1.80. The maximum Gasteiger partial charge on any atom is 0.217 e. The van der Waals surface area contributed by atoms with Crippen molar-refractivity contribution >= 4 is 12.2 Å². The van der Waals surface area contributed by atoms with Crippen LogP contribution in [0.4, 0.5) is 0 Å². The molecular formula is C5H8N4O2. The molecule has 0 saturated carbocycles. The Balaban J connectivity index is 3.84. The third-order valence-corrected chi connectivity index (χ3v) is 0.895. The van der Waals surface area contributed by atoms with Crippen molar-refractivity contribution in [1.82, 2.24) is 5.32 Å². The van der Waals surface area contributed by atoms with Gasteiger partial charge in [0.25, 0.3) is 0 Å². The van der Waals surface area contributed by atoms with Crippen LogP contribution in [0.15, 0.2) is 5.11 Å². The third kappa shape index (κ3) is 4.92. The summed E-state index contributed by atoms with van der Waals surface area (Å²) in [7, 11) is 0. The molecule has 0 bridgehead atoms. The Morgan fingerprint density at radius 2 is 2.55 bits per heavy atom. The van der Waals surface area contributed by atoms with Crippen LogP contribution in [-0.4, -0.2) is 24.8 Å². The molecule has 0 fully saturated rings. The summed E-state index contributed by atoms with van der Waals surface area (Å²) in [5.41, 5.74) is 7.87. The highest BCUT2D eigenvalue weighted by atomic mass is 16.2. The molecule has 0 aliphatic carbocycles. The molecule has 0 rings (SSSR count). The van der Waals surface area contributed by atoms with Crippen LogP contribution in [-0.2, 0) is 9.59 Å². The van der Waals surface area contributed by atoms with Gasteiger partial charge in [-0.2, -0.15) is 0 Å².